The molecule has 0 aliphatic carbocycles. The highest BCUT2D eigenvalue weighted by Crippen LogP contribution is 2.32. The summed E-state index contributed by atoms with van der Waals surface area (Å²) in [6.07, 6.45) is 11.0. The molecule has 1 unspecified atom stereocenters. The number of alkyl halides is 1. The molecule has 2 aromatic carbocycles. The van der Waals surface area contributed by atoms with Gasteiger partial charge in [-0.05, 0) is 67.5 Å². The monoisotopic (exact) mass is 475 g/mol. The first-order valence-corrected chi connectivity index (χ1v) is 13.0. The Morgan fingerprint density at radius 3 is 2.20 bits per heavy atom. The van der Waals surface area contributed by atoms with E-state index in [4.69, 9.17) is 9.72 Å². The number of rotatable bonds is 13. The molecule has 0 aliphatic heterocycles. The lowest BCUT2D eigenvalue weighted by molar-refractivity contribution is -0.147. The van der Waals surface area contributed by atoms with Crippen molar-refractivity contribution in [1.82, 2.24) is 4.98 Å². The third kappa shape index (κ3) is 7.74. The lowest BCUT2D eigenvalue weighted by Gasteiger charge is -2.18. The summed E-state index contributed by atoms with van der Waals surface area (Å²) >= 11 is 0. The van der Waals surface area contributed by atoms with Gasteiger partial charge in [-0.1, -0.05) is 88.4 Å². The van der Waals surface area contributed by atoms with Crippen molar-refractivity contribution in [2.45, 2.75) is 84.2 Å². The van der Waals surface area contributed by atoms with Crippen LogP contribution in [-0.4, -0.2) is 16.6 Å². The molecule has 186 valence electrons. The van der Waals surface area contributed by atoms with Gasteiger partial charge >= 0.3 is 5.97 Å². The molecule has 3 aromatic rings. The van der Waals surface area contributed by atoms with E-state index < -0.39 is 11.6 Å². The summed E-state index contributed by atoms with van der Waals surface area (Å²) < 4.78 is 19.9. The van der Waals surface area contributed by atoms with Gasteiger partial charge < -0.3 is 4.74 Å². The van der Waals surface area contributed by atoms with Crippen molar-refractivity contribution in [3.63, 3.8) is 0 Å². The number of ether oxygens (including phenoxy) is 1. The Bertz CT molecular complexity index is 1060. The van der Waals surface area contributed by atoms with Gasteiger partial charge in [0.05, 0.1) is 5.69 Å². The SMILES string of the molecule is CCCCCCCc1ccc(-c2ccccc2-c2ccc(OC(=O)C(C)(F)CCCC)cc2)nc1. The van der Waals surface area contributed by atoms with Gasteiger partial charge in [-0.15, -0.1) is 0 Å². The Morgan fingerprint density at radius 1 is 0.857 bits per heavy atom. The second kappa shape index (κ2) is 13.2. The summed E-state index contributed by atoms with van der Waals surface area (Å²) in [5.41, 5.74) is 3.29. The zero-order valence-electron chi connectivity index (χ0n) is 21.4. The Morgan fingerprint density at radius 2 is 1.54 bits per heavy atom. The molecular weight excluding hydrogens is 437 g/mol. The van der Waals surface area contributed by atoms with Crippen molar-refractivity contribution >= 4 is 5.97 Å². The molecular formula is C31H38FNO2. The second-order valence-corrected chi connectivity index (χ2v) is 9.48. The van der Waals surface area contributed by atoms with Crippen molar-refractivity contribution in [3.8, 4) is 28.1 Å². The molecule has 1 aromatic heterocycles. The van der Waals surface area contributed by atoms with Crippen LogP contribution in [0.15, 0.2) is 66.9 Å². The van der Waals surface area contributed by atoms with E-state index >= 15 is 0 Å². The predicted molar refractivity (Wildman–Crippen MR) is 142 cm³/mol. The minimum absolute atomic E-state index is 0.165. The molecule has 0 amide bonds. The molecule has 4 heteroatoms. The number of esters is 1. The summed E-state index contributed by atoms with van der Waals surface area (Å²) in [6.45, 7) is 5.50. The summed E-state index contributed by atoms with van der Waals surface area (Å²) in [6, 6.07) is 19.6. The van der Waals surface area contributed by atoms with Gasteiger partial charge in [0.15, 0.2) is 0 Å². The first-order chi connectivity index (χ1) is 16.9. The van der Waals surface area contributed by atoms with Gasteiger partial charge in [-0.3, -0.25) is 4.98 Å². The fraction of sp³-hybridized carbons (Fsp3) is 0.419. The number of carbonyl (C=O) groups is 1. The highest BCUT2D eigenvalue weighted by atomic mass is 19.1. The quantitative estimate of drug-likeness (QED) is 0.141. The number of hydrogen-bond acceptors (Lipinski definition) is 3. The summed E-state index contributed by atoms with van der Waals surface area (Å²) in [5, 5.41) is 0. The molecule has 0 bridgehead atoms. The molecule has 0 saturated heterocycles. The number of nitrogens with zero attached hydrogens (tertiary/aromatic N) is 1. The van der Waals surface area contributed by atoms with Crippen LogP contribution in [0.5, 0.6) is 5.75 Å². The largest absolute Gasteiger partial charge is 0.424 e. The maximum absolute atomic E-state index is 14.6. The van der Waals surface area contributed by atoms with Crippen LogP contribution in [0.1, 0.15) is 77.7 Å². The lowest BCUT2D eigenvalue weighted by atomic mass is 9.97. The Kier molecular flexibility index (Phi) is 10.0. The number of unbranched alkanes of at least 4 members (excludes halogenated alkanes) is 5. The van der Waals surface area contributed by atoms with E-state index in [1.54, 1.807) is 12.1 Å². The normalized spacial score (nSPS) is 12.8. The number of hydrogen-bond donors (Lipinski definition) is 0. The van der Waals surface area contributed by atoms with E-state index in [-0.39, 0.29) is 6.42 Å². The highest BCUT2D eigenvalue weighted by molar-refractivity contribution is 5.83. The van der Waals surface area contributed by atoms with Crippen molar-refractivity contribution in [2.75, 3.05) is 0 Å². The third-order valence-electron chi connectivity index (χ3n) is 6.40. The van der Waals surface area contributed by atoms with E-state index in [1.165, 1.54) is 44.6 Å². The molecule has 3 rings (SSSR count). The topological polar surface area (TPSA) is 39.2 Å². The Hall–Kier alpha value is -3.01. The van der Waals surface area contributed by atoms with Crippen LogP contribution in [0, 0.1) is 0 Å². The van der Waals surface area contributed by atoms with Crippen LogP contribution in [0.3, 0.4) is 0 Å². The van der Waals surface area contributed by atoms with Crippen LogP contribution in [0.2, 0.25) is 0 Å². The van der Waals surface area contributed by atoms with Gasteiger partial charge in [0.2, 0.25) is 5.67 Å². The predicted octanol–water partition coefficient (Wildman–Crippen LogP) is 8.75. The molecule has 1 atom stereocenters. The van der Waals surface area contributed by atoms with Crippen LogP contribution < -0.4 is 4.74 Å². The van der Waals surface area contributed by atoms with Crippen molar-refractivity contribution in [3.05, 3.63) is 72.4 Å². The number of carbonyl (C=O) groups excluding carboxylic acids is 1. The van der Waals surface area contributed by atoms with Gasteiger partial charge in [0, 0.05) is 11.8 Å². The molecule has 0 fully saturated rings. The van der Waals surface area contributed by atoms with E-state index in [0.29, 0.717) is 12.2 Å². The van der Waals surface area contributed by atoms with E-state index in [1.807, 2.05) is 37.4 Å². The average Bonchev–Trinajstić information content (AvgIpc) is 2.88. The first kappa shape index (κ1) is 26.6. The van der Waals surface area contributed by atoms with Crippen molar-refractivity contribution in [2.24, 2.45) is 0 Å². The lowest BCUT2D eigenvalue weighted by Crippen LogP contribution is -2.34. The van der Waals surface area contributed by atoms with Crippen LogP contribution in [-0.2, 0) is 11.2 Å². The molecule has 0 spiro atoms. The molecule has 3 nitrogen and oxygen atoms in total. The molecule has 0 radical (unpaired) electrons. The Labute approximate surface area is 209 Å². The smallest absolute Gasteiger partial charge is 0.348 e. The minimum Gasteiger partial charge on any atom is -0.424 e. The van der Waals surface area contributed by atoms with Crippen molar-refractivity contribution < 1.29 is 13.9 Å². The number of aromatic nitrogens is 1. The number of benzene rings is 2. The highest BCUT2D eigenvalue weighted by Gasteiger charge is 2.34. The molecule has 35 heavy (non-hydrogen) atoms. The zero-order valence-corrected chi connectivity index (χ0v) is 21.4. The fourth-order valence-corrected chi connectivity index (χ4v) is 4.15. The maximum atomic E-state index is 14.6. The third-order valence-corrected chi connectivity index (χ3v) is 6.40. The van der Waals surface area contributed by atoms with Gasteiger partial charge in [0.25, 0.3) is 0 Å². The number of aryl methyl sites for hydroxylation is 1. The van der Waals surface area contributed by atoms with Gasteiger partial charge in [-0.2, -0.15) is 0 Å². The minimum atomic E-state index is -1.98. The van der Waals surface area contributed by atoms with Gasteiger partial charge in [0.1, 0.15) is 5.75 Å². The summed E-state index contributed by atoms with van der Waals surface area (Å²) in [4.78, 5) is 17.0. The Balaban J connectivity index is 1.69. The zero-order chi connectivity index (χ0) is 25.1. The summed E-state index contributed by atoms with van der Waals surface area (Å²) in [5.74, 6) is -0.494. The summed E-state index contributed by atoms with van der Waals surface area (Å²) in [7, 11) is 0. The number of pyridine rings is 1. The molecule has 0 aliphatic rings. The average molecular weight is 476 g/mol. The standard InChI is InChI=1S/C31H38FNO2/c1-4-6-8-9-10-13-24-16-21-29(33-23-24)28-15-12-11-14-27(28)25-17-19-26(20-18-25)35-30(34)31(3,32)22-7-5-2/h11-12,14-21,23H,4-10,13,22H2,1-3H3. The fourth-order valence-electron chi connectivity index (χ4n) is 4.15. The first-order valence-electron chi connectivity index (χ1n) is 13.0. The van der Waals surface area contributed by atoms with Crippen molar-refractivity contribution in [1.29, 1.82) is 0 Å². The van der Waals surface area contributed by atoms with Crippen LogP contribution >= 0.6 is 0 Å². The van der Waals surface area contributed by atoms with E-state index in [2.05, 4.69) is 31.2 Å². The van der Waals surface area contributed by atoms with Crippen LogP contribution in [0.25, 0.3) is 22.4 Å². The van der Waals surface area contributed by atoms with E-state index in [0.717, 1.165) is 35.2 Å². The maximum Gasteiger partial charge on any atom is 0.348 e. The molecule has 0 N–H and O–H groups in total. The van der Waals surface area contributed by atoms with E-state index in [9.17, 15) is 9.18 Å². The molecule has 0 saturated carbocycles. The van der Waals surface area contributed by atoms with Crippen LogP contribution in [0.4, 0.5) is 4.39 Å². The van der Waals surface area contributed by atoms with Gasteiger partial charge in [-0.25, -0.2) is 9.18 Å². The molecule has 1 heterocycles. The second-order valence-electron chi connectivity index (χ2n) is 9.48. The number of halogens is 1.